The van der Waals surface area contributed by atoms with Gasteiger partial charge in [-0.3, -0.25) is 0 Å². The molecule has 0 aromatic heterocycles. The van der Waals surface area contributed by atoms with Crippen LogP contribution >= 0.6 is 30.1 Å². The SMILES string of the molecule is COCOC(C(F)(F)F)C(F)(F)F.FCOC(C(F)(F)F)C(F)(F)F.[Cl][Al]([Cl])[Cl]. The Morgan fingerprint density at radius 3 is 1.03 bits per heavy atom. The molecule has 178 valence electrons. The lowest BCUT2D eigenvalue weighted by Crippen LogP contribution is -2.44. The third-order valence-corrected chi connectivity index (χ3v) is 1.77. The van der Waals surface area contributed by atoms with Crippen molar-refractivity contribution in [3.8, 4) is 0 Å². The van der Waals surface area contributed by atoms with Gasteiger partial charge in [-0.05, 0) is 0 Å². The summed E-state index contributed by atoms with van der Waals surface area (Å²) in [7, 11) is 15.8. The molecule has 0 rings (SSSR count). The maximum absolute atomic E-state index is 11.6. The van der Waals surface area contributed by atoms with Crippen LogP contribution in [0.5, 0.6) is 0 Å². The zero-order valence-corrected chi connectivity index (χ0v) is 16.8. The molecule has 0 saturated heterocycles. The third kappa shape index (κ3) is 20.0. The van der Waals surface area contributed by atoms with Crippen LogP contribution in [-0.2, 0) is 14.2 Å². The van der Waals surface area contributed by atoms with Crippen LogP contribution in [0.2, 0.25) is 0 Å². The minimum atomic E-state index is -5.63. The first-order valence-corrected chi connectivity index (χ1v) is 11.3. The molecule has 0 aromatic rings. The van der Waals surface area contributed by atoms with E-state index in [-0.39, 0.29) is 0 Å². The highest BCUT2D eigenvalue weighted by atomic mass is 35.8. The van der Waals surface area contributed by atoms with E-state index in [1.165, 1.54) is 0 Å². The van der Waals surface area contributed by atoms with Gasteiger partial charge in [0.2, 0.25) is 0 Å². The van der Waals surface area contributed by atoms with Gasteiger partial charge in [0.15, 0.2) is 6.86 Å². The van der Waals surface area contributed by atoms with Crippen molar-refractivity contribution in [2.45, 2.75) is 36.9 Å². The highest BCUT2D eigenvalue weighted by molar-refractivity contribution is 7.54. The third-order valence-electron chi connectivity index (χ3n) is 1.77. The molecular weight excluding hydrogens is 536 g/mol. The molecule has 0 fully saturated rings. The average Bonchev–Trinajstić information content (AvgIpc) is 2.39. The maximum atomic E-state index is 11.6. The highest BCUT2D eigenvalue weighted by Crippen LogP contribution is 2.36. The van der Waals surface area contributed by atoms with Crippen molar-refractivity contribution in [1.29, 1.82) is 0 Å². The number of hydrogen-bond acceptors (Lipinski definition) is 3. The van der Waals surface area contributed by atoms with E-state index in [4.69, 9.17) is 30.1 Å². The summed E-state index contributed by atoms with van der Waals surface area (Å²) < 4.78 is 160. The normalized spacial score (nSPS) is 12.9. The number of rotatable bonds is 5. The summed E-state index contributed by atoms with van der Waals surface area (Å²) in [6.07, 6.45) is -30.1. The van der Waals surface area contributed by atoms with Gasteiger partial charge in [-0.25, -0.2) is 34.5 Å². The lowest BCUT2D eigenvalue weighted by atomic mass is 10.3. The zero-order valence-electron chi connectivity index (χ0n) is 13.4. The molecule has 0 saturated carbocycles. The molecule has 0 radical (unpaired) electrons. The van der Waals surface area contributed by atoms with Crippen molar-refractivity contribution in [3.63, 3.8) is 0 Å². The summed E-state index contributed by atoms with van der Waals surface area (Å²) in [6.45, 7) is -3.20. The number of hydrogen-bond donors (Lipinski definition) is 0. The summed E-state index contributed by atoms with van der Waals surface area (Å²) >= 11 is -1.72. The van der Waals surface area contributed by atoms with E-state index in [1.54, 1.807) is 0 Å². The molecular formula is C9H9AlCl3F13O3. The summed E-state index contributed by atoms with van der Waals surface area (Å²) in [6, 6.07) is 0. The van der Waals surface area contributed by atoms with Gasteiger partial charge in [0.25, 0.3) is 12.2 Å². The molecule has 0 heterocycles. The summed E-state index contributed by atoms with van der Waals surface area (Å²) in [5.41, 5.74) is 0. The van der Waals surface area contributed by atoms with E-state index in [0.717, 1.165) is 7.11 Å². The zero-order chi connectivity index (χ0) is 24.3. The quantitative estimate of drug-likeness (QED) is 0.234. The van der Waals surface area contributed by atoms with Crippen LogP contribution in [0, 0.1) is 0 Å². The fraction of sp³-hybridized carbons (Fsp3) is 1.00. The summed E-state index contributed by atoms with van der Waals surface area (Å²) in [4.78, 5) is 0. The van der Waals surface area contributed by atoms with Gasteiger partial charge < -0.3 is 14.2 Å². The van der Waals surface area contributed by atoms with Crippen molar-refractivity contribution in [3.05, 3.63) is 0 Å². The Bertz CT molecular complexity index is 383. The first-order chi connectivity index (χ1) is 12.6. The Morgan fingerprint density at radius 1 is 0.655 bits per heavy atom. The van der Waals surface area contributed by atoms with Gasteiger partial charge in [-0.15, -0.1) is 0 Å². The van der Waals surface area contributed by atoms with Crippen molar-refractivity contribution < 1.29 is 71.3 Å². The van der Waals surface area contributed by atoms with E-state index in [2.05, 4.69) is 14.2 Å². The van der Waals surface area contributed by atoms with Crippen molar-refractivity contribution in [1.82, 2.24) is 0 Å². The number of ether oxygens (including phenoxy) is 3. The topological polar surface area (TPSA) is 27.7 Å². The number of alkyl halides is 13. The molecule has 0 N–H and O–H groups in total. The van der Waals surface area contributed by atoms with Gasteiger partial charge in [-0.1, -0.05) is 0 Å². The van der Waals surface area contributed by atoms with Gasteiger partial charge in [0, 0.05) is 7.11 Å². The minimum absolute atomic E-state index is 0.920. The van der Waals surface area contributed by atoms with Crippen LogP contribution < -0.4 is 0 Å². The average molecular weight is 545 g/mol. The van der Waals surface area contributed by atoms with Crippen LogP contribution in [0.4, 0.5) is 57.1 Å². The summed E-state index contributed by atoms with van der Waals surface area (Å²) in [5.74, 6) is 0. The van der Waals surface area contributed by atoms with Gasteiger partial charge in [0.1, 0.15) is 6.79 Å². The fourth-order valence-electron chi connectivity index (χ4n) is 0.948. The molecule has 0 aromatic carbocycles. The molecule has 0 bridgehead atoms. The van der Waals surface area contributed by atoms with Crippen molar-refractivity contribution in [2.75, 3.05) is 20.8 Å². The summed E-state index contributed by atoms with van der Waals surface area (Å²) in [5, 5.41) is 0. The smallest absolute Gasteiger partial charge is 0.359 e. The number of halogens is 16. The molecule has 0 amide bonds. The Morgan fingerprint density at radius 2 is 0.897 bits per heavy atom. The molecule has 0 aliphatic carbocycles. The van der Waals surface area contributed by atoms with Gasteiger partial charge in [-0.2, -0.15) is 52.7 Å². The van der Waals surface area contributed by atoms with Crippen LogP contribution in [-0.4, -0.2) is 69.1 Å². The van der Waals surface area contributed by atoms with Gasteiger partial charge in [0.05, 0.1) is 0 Å². The van der Waals surface area contributed by atoms with Crippen molar-refractivity contribution in [2.24, 2.45) is 0 Å². The molecule has 3 nitrogen and oxygen atoms in total. The van der Waals surface area contributed by atoms with E-state index < -0.39 is 62.0 Å². The van der Waals surface area contributed by atoms with Crippen LogP contribution in [0.1, 0.15) is 0 Å². The van der Waals surface area contributed by atoms with Crippen LogP contribution in [0.25, 0.3) is 0 Å². The highest BCUT2D eigenvalue weighted by Gasteiger charge is 2.58. The van der Waals surface area contributed by atoms with Crippen molar-refractivity contribution >= 4 is 41.5 Å². The monoisotopic (exact) mass is 544 g/mol. The van der Waals surface area contributed by atoms with Crippen LogP contribution in [0.3, 0.4) is 0 Å². The first-order valence-electron chi connectivity index (χ1n) is 6.09. The fourth-order valence-corrected chi connectivity index (χ4v) is 0.948. The predicted octanol–water partition coefficient (Wildman–Crippen LogP) is 6.21. The predicted molar refractivity (Wildman–Crippen MR) is 75.1 cm³/mol. The van der Waals surface area contributed by atoms with E-state index in [9.17, 15) is 57.1 Å². The van der Waals surface area contributed by atoms with Crippen LogP contribution in [0.15, 0.2) is 0 Å². The lowest BCUT2D eigenvalue weighted by Gasteiger charge is -2.22. The molecule has 29 heavy (non-hydrogen) atoms. The largest absolute Gasteiger partial charge is 0.643 e. The Labute approximate surface area is 170 Å². The first kappa shape index (κ1) is 34.0. The second-order valence-corrected chi connectivity index (χ2v) is 10.5. The number of methoxy groups -OCH3 is 1. The second-order valence-electron chi connectivity index (χ2n) is 4.02. The van der Waals surface area contributed by atoms with Gasteiger partial charge >= 0.3 is 36.1 Å². The lowest BCUT2D eigenvalue weighted by molar-refractivity contribution is -0.333. The maximum Gasteiger partial charge on any atom is 0.643 e. The molecule has 0 aliphatic heterocycles. The molecule has 0 atom stereocenters. The Balaban J connectivity index is -0.000000394. The Hall–Kier alpha value is 0.372. The standard InChI is InChI=1S/C5H6F6O2.C4H3F7O.Al.3ClH/c1-12-2-13-3(4(6,7)8)5(9,10)11;5-1-12-2(3(6,7)8)4(9,10)11;;;;/h3H,2H2,1H3;2H,1H2;;3*1H/q;;+3;;;/p-3. The minimum Gasteiger partial charge on any atom is -0.359 e. The van der Waals surface area contributed by atoms with E-state index in [1.807, 2.05) is 0 Å². The molecule has 0 aliphatic rings. The van der Waals surface area contributed by atoms with E-state index >= 15 is 0 Å². The second kappa shape index (κ2) is 14.4. The Kier molecular flexibility index (Phi) is 16.9. The molecule has 20 heteroatoms. The molecule has 0 unspecified atom stereocenters. The van der Waals surface area contributed by atoms with E-state index in [0.29, 0.717) is 0 Å². The molecule has 0 spiro atoms.